The third-order valence-corrected chi connectivity index (χ3v) is 5.13. The minimum absolute atomic E-state index is 0.445. The van der Waals surface area contributed by atoms with Crippen molar-refractivity contribution in [2.75, 3.05) is 12.4 Å². The summed E-state index contributed by atoms with van der Waals surface area (Å²) >= 11 is 6.22. The number of aromatic amines is 1. The first-order valence-corrected chi connectivity index (χ1v) is 9.52. The molecule has 7 nitrogen and oxygen atoms in total. The number of H-pyrrole nitrogens is 1. The molecule has 5 rings (SSSR count). The van der Waals surface area contributed by atoms with Gasteiger partial charge in [0.2, 0.25) is 0 Å². The number of imidazole rings is 1. The number of hydrogen-bond acceptors (Lipinski definition) is 5. The maximum Gasteiger partial charge on any atom is 0.173 e. The van der Waals surface area contributed by atoms with Gasteiger partial charge in [-0.3, -0.25) is 10.1 Å². The van der Waals surface area contributed by atoms with Crippen LogP contribution in [0, 0.1) is 11.3 Å². The second-order valence-electron chi connectivity index (χ2n) is 6.61. The van der Waals surface area contributed by atoms with E-state index in [1.807, 2.05) is 30.3 Å². The first-order chi connectivity index (χ1) is 14.7. The van der Waals surface area contributed by atoms with Crippen LogP contribution >= 0.6 is 11.6 Å². The first kappa shape index (κ1) is 18.0. The molecule has 0 fully saturated rings. The fraction of sp³-hybridized carbons (Fsp3) is 0.0455. The summed E-state index contributed by atoms with van der Waals surface area (Å²) in [4.78, 5) is 9.23. The number of anilines is 2. The number of nitrogens with one attached hydrogen (secondary N) is 2. The number of rotatable bonds is 4. The predicted molar refractivity (Wildman–Crippen MR) is 116 cm³/mol. The molecule has 0 bridgehead atoms. The van der Waals surface area contributed by atoms with E-state index in [0.717, 1.165) is 16.5 Å². The number of benzene rings is 2. The molecular formula is C22H15ClN6O. The van der Waals surface area contributed by atoms with E-state index in [9.17, 15) is 5.26 Å². The molecule has 0 saturated heterocycles. The molecule has 0 spiro atoms. The van der Waals surface area contributed by atoms with Crippen LogP contribution in [0.2, 0.25) is 5.02 Å². The van der Waals surface area contributed by atoms with E-state index in [4.69, 9.17) is 21.3 Å². The molecule has 0 radical (unpaired) electrons. The van der Waals surface area contributed by atoms with Crippen LogP contribution in [0.5, 0.6) is 5.75 Å². The average Bonchev–Trinajstić information content (AvgIpc) is 3.33. The highest BCUT2D eigenvalue weighted by Crippen LogP contribution is 2.38. The van der Waals surface area contributed by atoms with Gasteiger partial charge in [0.25, 0.3) is 0 Å². The average molecular weight is 415 g/mol. The van der Waals surface area contributed by atoms with Crippen molar-refractivity contribution in [2.24, 2.45) is 0 Å². The number of nitriles is 1. The number of halogens is 1. The van der Waals surface area contributed by atoms with Crippen LogP contribution in [-0.4, -0.2) is 26.7 Å². The van der Waals surface area contributed by atoms with Crippen LogP contribution in [-0.2, 0) is 0 Å². The van der Waals surface area contributed by atoms with Crippen LogP contribution in [0.3, 0.4) is 0 Å². The number of ether oxygens (including phenoxy) is 1. The molecule has 30 heavy (non-hydrogen) atoms. The van der Waals surface area contributed by atoms with E-state index in [1.54, 1.807) is 42.2 Å². The van der Waals surface area contributed by atoms with Crippen molar-refractivity contribution >= 4 is 39.7 Å². The monoisotopic (exact) mass is 414 g/mol. The van der Waals surface area contributed by atoms with Gasteiger partial charge in [-0.25, -0.2) is 9.50 Å². The van der Waals surface area contributed by atoms with Crippen molar-refractivity contribution in [3.05, 3.63) is 71.5 Å². The molecule has 3 heterocycles. The molecule has 0 saturated carbocycles. The normalized spacial score (nSPS) is 11.0. The number of methoxy groups -OCH3 is 1. The number of fused-ring (bicyclic) bond motifs is 2. The molecule has 3 aromatic heterocycles. The van der Waals surface area contributed by atoms with Gasteiger partial charge >= 0.3 is 0 Å². The van der Waals surface area contributed by atoms with Crippen molar-refractivity contribution in [3.8, 4) is 23.1 Å². The zero-order valence-corrected chi connectivity index (χ0v) is 16.6. The van der Waals surface area contributed by atoms with Gasteiger partial charge in [-0.05, 0) is 30.3 Å². The first-order valence-electron chi connectivity index (χ1n) is 9.14. The summed E-state index contributed by atoms with van der Waals surface area (Å²) in [6.45, 7) is 0. The van der Waals surface area contributed by atoms with Crippen LogP contribution in [0.1, 0.15) is 5.56 Å². The molecule has 0 unspecified atom stereocenters. The number of aromatic nitrogens is 4. The summed E-state index contributed by atoms with van der Waals surface area (Å²) in [7, 11) is 1.60. The Morgan fingerprint density at radius 3 is 2.90 bits per heavy atom. The van der Waals surface area contributed by atoms with E-state index in [1.165, 1.54) is 0 Å². The van der Waals surface area contributed by atoms with Crippen LogP contribution in [0.15, 0.2) is 60.9 Å². The van der Waals surface area contributed by atoms with Crippen LogP contribution in [0.25, 0.3) is 27.8 Å². The molecule has 8 heteroatoms. The Balaban J connectivity index is 1.78. The van der Waals surface area contributed by atoms with Crippen LogP contribution in [0.4, 0.5) is 11.5 Å². The Hall–Kier alpha value is -4.02. The zero-order chi connectivity index (χ0) is 20.7. The Kier molecular flexibility index (Phi) is 4.27. The largest absolute Gasteiger partial charge is 0.495 e. The minimum Gasteiger partial charge on any atom is -0.495 e. The van der Waals surface area contributed by atoms with E-state index in [-0.39, 0.29) is 0 Å². The lowest BCUT2D eigenvalue weighted by Crippen LogP contribution is -2.00. The molecule has 2 aromatic carbocycles. The summed E-state index contributed by atoms with van der Waals surface area (Å²) in [5.74, 6) is 1.29. The standard InChI is InChI=1S/C22H15ClN6O/c1-30-19-7-6-14(23)10-18(19)27-22-20(28-21-13(11-24)12-26-29(21)22)16-8-9-25-17-5-3-2-4-15(16)17/h2-10,12,26-27H,1H3. The summed E-state index contributed by atoms with van der Waals surface area (Å²) in [6, 6.07) is 17.3. The smallest absolute Gasteiger partial charge is 0.173 e. The fourth-order valence-electron chi connectivity index (χ4n) is 3.51. The predicted octanol–water partition coefficient (Wildman–Crippen LogP) is 5.15. The summed E-state index contributed by atoms with van der Waals surface area (Å²) < 4.78 is 7.22. The lowest BCUT2D eigenvalue weighted by atomic mass is 10.1. The number of nitrogens with zero attached hydrogens (tertiary/aromatic N) is 4. The van der Waals surface area contributed by atoms with Crippen LogP contribution < -0.4 is 10.1 Å². The zero-order valence-electron chi connectivity index (χ0n) is 15.8. The molecule has 0 aliphatic rings. The van der Waals surface area contributed by atoms with Gasteiger partial charge in [0.1, 0.15) is 23.1 Å². The molecule has 5 aromatic rings. The maximum atomic E-state index is 9.48. The fourth-order valence-corrected chi connectivity index (χ4v) is 3.69. The molecular weight excluding hydrogens is 400 g/mol. The van der Waals surface area contributed by atoms with E-state index in [2.05, 4.69) is 21.5 Å². The Morgan fingerprint density at radius 2 is 2.07 bits per heavy atom. The second-order valence-corrected chi connectivity index (χ2v) is 7.05. The van der Waals surface area contributed by atoms with E-state index < -0.39 is 0 Å². The van der Waals surface area contributed by atoms with Gasteiger partial charge in [-0.1, -0.05) is 29.8 Å². The maximum absolute atomic E-state index is 9.48. The summed E-state index contributed by atoms with van der Waals surface area (Å²) in [6.07, 6.45) is 3.37. The minimum atomic E-state index is 0.445. The summed E-state index contributed by atoms with van der Waals surface area (Å²) in [5.41, 5.74) is 4.08. The summed E-state index contributed by atoms with van der Waals surface area (Å²) in [5, 5.41) is 17.5. The number of hydrogen-bond donors (Lipinski definition) is 2. The SMILES string of the molecule is COc1ccc(Cl)cc1Nc1c(-c2ccnc3ccccc23)nc2c(C#N)c[nH]n12. The van der Waals surface area contributed by atoms with Gasteiger partial charge in [0.05, 0.1) is 18.3 Å². The van der Waals surface area contributed by atoms with Gasteiger partial charge in [-0.2, -0.15) is 5.26 Å². The quantitative estimate of drug-likeness (QED) is 0.424. The Morgan fingerprint density at radius 1 is 1.20 bits per heavy atom. The van der Waals surface area contributed by atoms with Gasteiger partial charge in [0, 0.05) is 28.4 Å². The third-order valence-electron chi connectivity index (χ3n) is 4.90. The van der Waals surface area contributed by atoms with Crippen molar-refractivity contribution in [2.45, 2.75) is 0 Å². The molecule has 0 atom stereocenters. The van der Waals surface area contributed by atoms with E-state index >= 15 is 0 Å². The number of para-hydroxylation sites is 1. The lowest BCUT2D eigenvalue weighted by Gasteiger charge is -2.13. The topological polar surface area (TPSA) is 91.0 Å². The highest BCUT2D eigenvalue weighted by molar-refractivity contribution is 6.31. The molecule has 0 amide bonds. The van der Waals surface area contributed by atoms with Crippen molar-refractivity contribution < 1.29 is 4.74 Å². The Labute approximate surface area is 176 Å². The van der Waals surface area contributed by atoms with Crippen molar-refractivity contribution in [1.29, 1.82) is 5.26 Å². The molecule has 0 aliphatic heterocycles. The van der Waals surface area contributed by atoms with Crippen molar-refractivity contribution in [3.63, 3.8) is 0 Å². The second kappa shape index (κ2) is 7.10. The van der Waals surface area contributed by atoms with Gasteiger partial charge in [-0.15, -0.1) is 0 Å². The molecule has 0 aliphatic carbocycles. The van der Waals surface area contributed by atoms with Gasteiger partial charge in [0.15, 0.2) is 11.5 Å². The van der Waals surface area contributed by atoms with E-state index in [0.29, 0.717) is 39.2 Å². The highest BCUT2D eigenvalue weighted by Gasteiger charge is 2.21. The lowest BCUT2D eigenvalue weighted by molar-refractivity contribution is 0.417. The molecule has 2 N–H and O–H groups in total. The Bertz CT molecular complexity index is 1440. The third kappa shape index (κ3) is 2.82. The molecule has 146 valence electrons. The van der Waals surface area contributed by atoms with Gasteiger partial charge < -0.3 is 10.1 Å². The number of pyridine rings is 1. The highest BCUT2D eigenvalue weighted by atomic mass is 35.5. The van der Waals surface area contributed by atoms with Crippen molar-refractivity contribution in [1.82, 2.24) is 19.6 Å².